The first kappa shape index (κ1) is 18.3. The molecule has 0 aliphatic heterocycles. The Bertz CT molecular complexity index is 556. The highest BCUT2D eigenvalue weighted by atomic mass is 32.2. The minimum atomic E-state index is -3.55. The fourth-order valence-electron chi connectivity index (χ4n) is 1.91. The largest absolute Gasteiger partial charge is 0.313 e. The number of nitrogens with one attached hydrogen (secondary N) is 2. The Morgan fingerprint density at radius 3 is 2.38 bits per heavy atom. The van der Waals surface area contributed by atoms with Crippen LogP contribution in [0.5, 0.6) is 0 Å². The third kappa shape index (κ3) is 6.69. The quantitative estimate of drug-likeness (QED) is 0.667. The van der Waals surface area contributed by atoms with Gasteiger partial charge in [-0.1, -0.05) is 19.1 Å². The summed E-state index contributed by atoms with van der Waals surface area (Å²) in [5.74, 6) is 0.304. The van der Waals surface area contributed by atoms with Crippen molar-refractivity contribution in [2.24, 2.45) is 0 Å². The molecule has 0 saturated carbocycles. The van der Waals surface area contributed by atoms with E-state index >= 15 is 0 Å². The molecule has 0 bridgehead atoms. The lowest BCUT2D eigenvalue weighted by molar-refractivity contribution is 0.570. The Hall–Kier alpha value is -0.760. The van der Waals surface area contributed by atoms with Gasteiger partial charge in [0.25, 0.3) is 0 Å². The third-order valence-electron chi connectivity index (χ3n) is 2.83. The molecule has 0 amide bonds. The van der Waals surface area contributed by atoms with Crippen molar-refractivity contribution in [2.75, 3.05) is 18.6 Å². The van der Waals surface area contributed by atoms with Crippen LogP contribution in [0.1, 0.15) is 25.8 Å². The summed E-state index contributed by atoms with van der Waals surface area (Å²) >= 11 is 0. The molecule has 0 fully saturated rings. The van der Waals surface area contributed by atoms with E-state index in [1.807, 2.05) is 0 Å². The van der Waals surface area contributed by atoms with E-state index in [-0.39, 0.29) is 10.9 Å². The third-order valence-corrected chi connectivity index (χ3v) is 5.41. The number of hydrogen-bond acceptors (Lipinski definition) is 4. The Balaban J connectivity index is 2.68. The van der Waals surface area contributed by atoms with Gasteiger partial charge in [0, 0.05) is 35.4 Å². The second kappa shape index (κ2) is 8.63. The first-order valence-electron chi connectivity index (χ1n) is 6.97. The van der Waals surface area contributed by atoms with Gasteiger partial charge in [0.05, 0.1) is 4.90 Å². The van der Waals surface area contributed by atoms with Crippen LogP contribution in [0, 0.1) is 0 Å². The van der Waals surface area contributed by atoms with Gasteiger partial charge in [0.1, 0.15) is 0 Å². The average Bonchev–Trinajstić information content (AvgIpc) is 2.38. The van der Waals surface area contributed by atoms with Gasteiger partial charge in [-0.05, 0) is 37.6 Å². The minimum Gasteiger partial charge on any atom is -0.313 e. The summed E-state index contributed by atoms with van der Waals surface area (Å²) in [6, 6.07) is 6.45. The molecule has 0 aromatic heterocycles. The second-order valence-corrected chi connectivity index (χ2v) is 8.28. The summed E-state index contributed by atoms with van der Waals surface area (Å²) in [5.41, 5.74) is 1.05. The first-order chi connectivity index (χ1) is 9.85. The molecular formula is C14H24N2O3S2. The fourth-order valence-corrected chi connectivity index (χ4v) is 4.05. The molecule has 0 heterocycles. The van der Waals surface area contributed by atoms with Crippen molar-refractivity contribution < 1.29 is 12.6 Å². The summed E-state index contributed by atoms with van der Waals surface area (Å²) in [6.07, 6.45) is 2.62. The number of rotatable bonds is 9. The molecule has 1 aromatic rings. The van der Waals surface area contributed by atoms with E-state index in [1.54, 1.807) is 37.4 Å². The Kier molecular flexibility index (Phi) is 7.51. The van der Waals surface area contributed by atoms with Crippen molar-refractivity contribution >= 4 is 20.8 Å². The lowest BCUT2D eigenvalue weighted by Gasteiger charge is -2.13. The van der Waals surface area contributed by atoms with Gasteiger partial charge >= 0.3 is 0 Å². The van der Waals surface area contributed by atoms with Crippen LogP contribution in [0.25, 0.3) is 0 Å². The molecule has 5 nitrogen and oxygen atoms in total. The van der Waals surface area contributed by atoms with Gasteiger partial charge in [0.15, 0.2) is 0 Å². The van der Waals surface area contributed by atoms with Crippen LogP contribution < -0.4 is 10.0 Å². The smallest absolute Gasteiger partial charge is 0.240 e. The van der Waals surface area contributed by atoms with E-state index < -0.39 is 20.8 Å². The molecule has 2 N–H and O–H groups in total. The van der Waals surface area contributed by atoms with Gasteiger partial charge in [0.2, 0.25) is 10.0 Å². The highest BCUT2D eigenvalue weighted by molar-refractivity contribution is 7.89. The summed E-state index contributed by atoms with van der Waals surface area (Å²) in [6.45, 7) is 5.47. The van der Waals surface area contributed by atoms with E-state index in [4.69, 9.17) is 0 Å². The standard InChI is InChI=1S/C14H24N2O3S2/c1-4-9-15-10-13-5-7-14(8-6-13)21(18,19)16-12(2)11-20(3)17/h5-8,12,15-16H,4,9-11H2,1-3H3. The molecule has 2 atom stereocenters. The number of hydrogen-bond donors (Lipinski definition) is 2. The van der Waals surface area contributed by atoms with Gasteiger partial charge in [-0.25, -0.2) is 13.1 Å². The molecule has 2 unspecified atom stereocenters. The van der Waals surface area contributed by atoms with Crippen molar-refractivity contribution in [3.05, 3.63) is 29.8 Å². The molecule has 0 aliphatic rings. The summed E-state index contributed by atoms with van der Waals surface area (Å²) in [7, 11) is -4.58. The molecule has 1 rings (SSSR count). The molecule has 21 heavy (non-hydrogen) atoms. The number of benzene rings is 1. The summed E-state index contributed by atoms with van der Waals surface area (Å²) < 4.78 is 38.0. The van der Waals surface area contributed by atoms with Crippen molar-refractivity contribution in [1.29, 1.82) is 0 Å². The molecule has 0 spiro atoms. The van der Waals surface area contributed by atoms with Gasteiger partial charge in [-0.2, -0.15) is 0 Å². The van der Waals surface area contributed by atoms with Crippen molar-refractivity contribution in [3.63, 3.8) is 0 Å². The normalized spacial score (nSPS) is 14.8. The van der Waals surface area contributed by atoms with Crippen LogP contribution in [0.3, 0.4) is 0 Å². The monoisotopic (exact) mass is 332 g/mol. The topological polar surface area (TPSA) is 75.3 Å². The van der Waals surface area contributed by atoms with E-state index in [9.17, 15) is 12.6 Å². The second-order valence-electron chi connectivity index (χ2n) is 5.08. The van der Waals surface area contributed by atoms with E-state index in [0.717, 1.165) is 25.1 Å². The molecule has 7 heteroatoms. The van der Waals surface area contributed by atoms with Crippen LogP contribution >= 0.6 is 0 Å². The maximum Gasteiger partial charge on any atom is 0.240 e. The summed E-state index contributed by atoms with van der Waals surface area (Å²) in [4.78, 5) is 0.232. The Labute approximate surface area is 130 Å². The van der Waals surface area contributed by atoms with Gasteiger partial charge in [-0.3, -0.25) is 4.21 Å². The van der Waals surface area contributed by atoms with Crippen LogP contribution in [0.2, 0.25) is 0 Å². The van der Waals surface area contributed by atoms with Crippen LogP contribution in [0.4, 0.5) is 0 Å². The zero-order valence-electron chi connectivity index (χ0n) is 12.8. The van der Waals surface area contributed by atoms with E-state index in [1.165, 1.54) is 0 Å². The van der Waals surface area contributed by atoms with E-state index in [0.29, 0.717) is 5.75 Å². The molecule has 0 saturated heterocycles. The van der Waals surface area contributed by atoms with Crippen LogP contribution in [-0.4, -0.2) is 37.2 Å². The molecule has 0 radical (unpaired) electrons. The zero-order valence-corrected chi connectivity index (χ0v) is 14.4. The van der Waals surface area contributed by atoms with Gasteiger partial charge in [-0.15, -0.1) is 0 Å². The van der Waals surface area contributed by atoms with Crippen molar-refractivity contribution in [1.82, 2.24) is 10.0 Å². The highest BCUT2D eigenvalue weighted by Crippen LogP contribution is 2.11. The van der Waals surface area contributed by atoms with Crippen molar-refractivity contribution in [2.45, 2.75) is 37.8 Å². The fraction of sp³-hybridized carbons (Fsp3) is 0.571. The Morgan fingerprint density at radius 2 is 1.86 bits per heavy atom. The number of sulfonamides is 1. The lowest BCUT2D eigenvalue weighted by Crippen LogP contribution is -2.36. The Morgan fingerprint density at radius 1 is 1.24 bits per heavy atom. The van der Waals surface area contributed by atoms with Gasteiger partial charge < -0.3 is 5.32 Å². The molecule has 0 aliphatic carbocycles. The van der Waals surface area contributed by atoms with Crippen LogP contribution in [-0.2, 0) is 27.4 Å². The van der Waals surface area contributed by atoms with E-state index in [2.05, 4.69) is 17.0 Å². The SMILES string of the molecule is CCCNCc1ccc(S(=O)(=O)NC(C)CS(C)=O)cc1. The zero-order chi connectivity index (χ0) is 15.9. The van der Waals surface area contributed by atoms with Crippen molar-refractivity contribution in [3.8, 4) is 0 Å². The predicted octanol–water partition coefficient (Wildman–Crippen LogP) is 1.23. The van der Waals surface area contributed by atoms with Crippen LogP contribution in [0.15, 0.2) is 29.2 Å². The summed E-state index contributed by atoms with van der Waals surface area (Å²) in [5, 5.41) is 3.26. The maximum absolute atomic E-state index is 12.2. The minimum absolute atomic E-state index is 0.232. The first-order valence-corrected chi connectivity index (χ1v) is 10.2. The molecular weight excluding hydrogens is 308 g/mol. The molecule has 120 valence electrons. The lowest BCUT2D eigenvalue weighted by atomic mass is 10.2. The average molecular weight is 332 g/mol. The predicted molar refractivity (Wildman–Crippen MR) is 87.2 cm³/mol. The molecule has 1 aromatic carbocycles. The highest BCUT2D eigenvalue weighted by Gasteiger charge is 2.17. The maximum atomic E-state index is 12.2.